The van der Waals surface area contributed by atoms with Crippen LogP contribution in [0, 0.1) is 0 Å². The minimum atomic E-state index is -3.59. The third-order valence-electron chi connectivity index (χ3n) is 4.42. The molecule has 168 valence electrons. The molecular weight excluding hydrogens is 460 g/mol. The fraction of sp³-hybridized carbons (Fsp3) is 0.250. The number of nitrogens with one attached hydrogen (secondary N) is 1. The van der Waals surface area contributed by atoms with E-state index in [0.29, 0.717) is 18.5 Å². The molecule has 0 saturated carbocycles. The van der Waals surface area contributed by atoms with E-state index in [4.69, 9.17) is 4.18 Å². The summed E-state index contributed by atoms with van der Waals surface area (Å²) in [4.78, 5) is 13.1. The van der Waals surface area contributed by atoms with E-state index in [2.05, 4.69) is 5.32 Å². The molecule has 0 atom stereocenters. The van der Waals surface area contributed by atoms with Gasteiger partial charge in [-0.2, -0.15) is 8.42 Å². The Morgan fingerprint density at radius 3 is 2.32 bits per heavy atom. The van der Waals surface area contributed by atoms with Gasteiger partial charge in [-0.3, -0.25) is 13.9 Å². The molecule has 2 aromatic rings. The van der Waals surface area contributed by atoms with Gasteiger partial charge in [0, 0.05) is 12.1 Å². The normalized spacial score (nSPS) is 17.0. The van der Waals surface area contributed by atoms with Crippen molar-refractivity contribution in [1.29, 1.82) is 0 Å². The van der Waals surface area contributed by atoms with Crippen molar-refractivity contribution in [2.45, 2.75) is 6.42 Å². The van der Waals surface area contributed by atoms with Crippen LogP contribution in [-0.2, 0) is 21.3 Å². The molecule has 1 aliphatic rings. The van der Waals surface area contributed by atoms with Crippen molar-refractivity contribution in [3.05, 3.63) is 71.4 Å². The Hall–Kier alpha value is -2.18. The molecule has 0 aromatic heterocycles. The molecule has 0 spiro atoms. The Morgan fingerprint density at radius 1 is 1.10 bits per heavy atom. The van der Waals surface area contributed by atoms with Crippen molar-refractivity contribution in [3.63, 3.8) is 0 Å². The Kier molecular flexibility index (Phi) is 7.22. The van der Waals surface area contributed by atoms with Crippen LogP contribution in [0.3, 0.4) is 0 Å². The van der Waals surface area contributed by atoms with Crippen molar-refractivity contribution < 1.29 is 26.5 Å². The van der Waals surface area contributed by atoms with Crippen LogP contribution in [-0.4, -0.2) is 52.7 Å². The summed E-state index contributed by atoms with van der Waals surface area (Å²) in [6.45, 7) is 0.367. The Labute approximate surface area is 187 Å². The van der Waals surface area contributed by atoms with Crippen LogP contribution >= 0.6 is 22.5 Å². The second kappa shape index (κ2) is 9.53. The van der Waals surface area contributed by atoms with Gasteiger partial charge in [0.1, 0.15) is 16.4 Å². The number of thioether (sulfide) groups is 1. The first-order valence-electron chi connectivity index (χ1n) is 9.24. The summed E-state index contributed by atoms with van der Waals surface area (Å²) in [5, 5.41) is 3.08. The summed E-state index contributed by atoms with van der Waals surface area (Å²) < 4.78 is 50.0. The highest BCUT2D eigenvalue weighted by atomic mass is 32.3. The first-order chi connectivity index (χ1) is 14.6. The Bertz CT molecular complexity index is 1070. The lowest BCUT2D eigenvalue weighted by Crippen LogP contribution is -2.32. The van der Waals surface area contributed by atoms with Gasteiger partial charge in [-0.05, 0) is 30.4 Å². The summed E-state index contributed by atoms with van der Waals surface area (Å²) in [5.74, 6) is -0.0733. The molecule has 3 N–H and O–H groups in total. The number of nitrogens with zero attached hydrogens (tertiary/aromatic N) is 1. The zero-order valence-corrected chi connectivity index (χ0v) is 19.5. The highest BCUT2D eigenvalue weighted by Crippen LogP contribution is 2.61. The molecular formula is C20H24N2O6S3. The van der Waals surface area contributed by atoms with Gasteiger partial charge in [-0.25, -0.2) is 4.31 Å². The summed E-state index contributed by atoms with van der Waals surface area (Å²) in [5.41, 5.74) is 1.65. The maximum absolute atomic E-state index is 12.9. The van der Waals surface area contributed by atoms with Gasteiger partial charge in [0.05, 0.1) is 12.1 Å². The number of benzene rings is 2. The van der Waals surface area contributed by atoms with Crippen LogP contribution in [0.15, 0.2) is 60.3 Å². The van der Waals surface area contributed by atoms with E-state index in [1.165, 1.54) is 11.8 Å². The summed E-state index contributed by atoms with van der Waals surface area (Å²) in [6, 6.07) is 15.4. The van der Waals surface area contributed by atoms with Gasteiger partial charge in [0.2, 0.25) is 0 Å². The van der Waals surface area contributed by atoms with Crippen LogP contribution in [0.4, 0.5) is 0 Å². The molecule has 0 bridgehead atoms. The molecule has 0 unspecified atom stereocenters. The second-order valence-corrected chi connectivity index (χ2v) is 11.1. The SMILES string of the molecule is CSCN1C(=O)C(NCCc2ccc(OS(C)(=O)=O)cc2)=C(c2ccccc2)S1(O)O. The van der Waals surface area contributed by atoms with E-state index in [-0.39, 0.29) is 22.2 Å². The third kappa shape index (κ3) is 5.55. The average Bonchev–Trinajstić information content (AvgIpc) is 2.89. The Balaban J connectivity index is 1.78. The zero-order chi connectivity index (χ0) is 22.6. The van der Waals surface area contributed by atoms with Crippen molar-refractivity contribution >= 4 is 43.5 Å². The van der Waals surface area contributed by atoms with Crippen LogP contribution < -0.4 is 9.50 Å². The minimum Gasteiger partial charge on any atom is -0.383 e. The fourth-order valence-electron chi connectivity index (χ4n) is 3.10. The van der Waals surface area contributed by atoms with Gasteiger partial charge in [-0.1, -0.05) is 53.2 Å². The van der Waals surface area contributed by atoms with Crippen LogP contribution in [0.2, 0.25) is 0 Å². The fourth-order valence-corrected chi connectivity index (χ4v) is 6.25. The van der Waals surface area contributed by atoms with Crippen molar-refractivity contribution in [3.8, 4) is 5.75 Å². The molecule has 8 nitrogen and oxygen atoms in total. The first-order valence-corrected chi connectivity index (χ1v) is 14.0. The monoisotopic (exact) mass is 484 g/mol. The number of hydrogen-bond acceptors (Lipinski definition) is 8. The van der Waals surface area contributed by atoms with Crippen LogP contribution in [0.1, 0.15) is 11.1 Å². The van der Waals surface area contributed by atoms with E-state index < -0.39 is 26.8 Å². The molecule has 31 heavy (non-hydrogen) atoms. The summed E-state index contributed by atoms with van der Waals surface area (Å²) in [6.07, 6.45) is 3.29. The predicted molar refractivity (Wildman–Crippen MR) is 125 cm³/mol. The van der Waals surface area contributed by atoms with Crippen molar-refractivity contribution in [1.82, 2.24) is 9.62 Å². The largest absolute Gasteiger partial charge is 0.383 e. The minimum absolute atomic E-state index is 0.157. The quantitative estimate of drug-likeness (QED) is 0.464. The van der Waals surface area contributed by atoms with E-state index >= 15 is 0 Å². The van der Waals surface area contributed by atoms with E-state index in [1.807, 2.05) is 6.07 Å². The lowest BCUT2D eigenvalue weighted by Gasteiger charge is -2.38. The van der Waals surface area contributed by atoms with Gasteiger partial charge in [0.15, 0.2) is 0 Å². The smallest absolute Gasteiger partial charge is 0.306 e. The van der Waals surface area contributed by atoms with Gasteiger partial charge in [0.25, 0.3) is 5.91 Å². The molecule has 3 rings (SSSR count). The zero-order valence-electron chi connectivity index (χ0n) is 17.0. The lowest BCUT2D eigenvalue weighted by molar-refractivity contribution is -0.122. The lowest BCUT2D eigenvalue weighted by atomic mass is 10.1. The number of rotatable bonds is 9. The standard InChI is InChI=1S/C20H24N2O6S3/c1-29-14-22-20(23)18(19(31(22,26)27)16-6-4-3-5-7-16)21-13-12-15-8-10-17(11-9-15)28-30(2,24)25/h3-11,21,26-27H,12-14H2,1-2H3. The molecule has 11 heteroatoms. The van der Waals surface area contributed by atoms with Crippen LogP contribution in [0.25, 0.3) is 4.91 Å². The Morgan fingerprint density at radius 2 is 1.74 bits per heavy atom. The van der Waals surface area contributed by atoms with Gasteiger partial charge >= 0.3 is 10.1 Å². The highest BCUT2D eigenvalue weighted by Gasteiger charge is 2.44. The number of carbonyl (C=O) groups is 1. The van der Waals surface area contributed by atoms with E-state index in [0.717, 1.165) is 16.1 Å². The topological polar surface area (TPSA) is 116 Å². The predicted octanol–water partition coefficient (Wildman–Crippen LogP) is 3.35. The van der Waals surface area contributed by atoms with E-state index in [1.54, 1.807) is 54.8 Å². The molecule has 1 aliphatic heterocycles. The molecule has 0 fully saturated rings. The molecule has 2 aromatic carbocycles. The molecule has 1 amide bonds. The van der Waals surface area contributed by atoms with Gasteiger partial charge < -0.3 is 9.50 Å². The number of carbonyl (C=O) groups excluding carboxylic acids is 1. The van der Waals surface area contributed by atoms with Crippen molar-refractivity contribution in [2.24, 2.45) is 0 Å². The summed E-state index contributed by atoms with van der Waals surface area (Å²) >= 11 is 1.33. The second-order valence-electron chi connectivity index (χ2n) is 6.80. The number of amides is 1. The molecule has 0 saturated heterocycles. The highest BCUT2D eigenvalue weighted by molar-refractivity contribution is 8.31. The molecule has 1 heterocycles. The molecule has 0 radical (unpaired) electrons. The van der Waals surface area contributed by atoms with E-state index in [9.17, 15) is 22.3 Å². The number of hydrogen-bond donors (Lipinski definition) is 3. The third-order valence-corrected chi connectivity index (χ3v) is 7.49. The maximum atomic E-state index is 12.9. The maximum Gasteiger partial charge on any atom is 0.306 e. The average molecular weight is 485 g/mol. The molecule has 0 aliphatic carbocycles. The van der Waals surface area contributed by atoms with Crippen molar-refractivity contribution in [2.75, 3.05) is 24.9 Å². The summed E-state index contributed by atoms with van der Waals surface area (Å²) in [7, 11) is -7.04. The van der Waals surface area contributed by atoms with Gasteiger partial charge in [-0.15, -0.1) is 11.8 Å². The van der Waals surface area contributed by atoms with Crippen LogP contribution in [0.5, 0.6) is 5.75 Å². The first kappa shape index (κ1) is 23.5.